The second-order valence-electron chi connectivity index (χ2n) is 4.59. The molecule has 1 fully saturated rings. The van der Waals surface area contributed by atoms with Gasteiger partial charge in [-0.15, -0.1) is 0 Å². The maximum atomic E-state index is 6.13. The van der Waals surface area contributed by atoms with Gasteiger partial charge in [0.2, 0.25) is 0 Å². The van der Waals surface area contributed by atoms with Gasteiger partial charge in [-0.25, -0.2) is 0 Å². The van der Waals surface area contributed by atoms with Gasteiger partial charge in [0.15, 0.2) is 0 Å². The van der Waals surface area contributed by atoms with E-state index in [0.717, 1.165) is 30.5 Å². The van der Waals surface area contributed by atoms with E-state index in [9.17, 15) is 0 Å². The van der Waals surface area contributed by atoms with Crippen molar-refractivity contribution >= 4 is 17.3 Å². The molecule has 0 aromatic heterocycles. The lowest BCUT2D eigenvalue weighted by Gasteiger charge is -2.38. The summed E-state index contributed by atoms with van der Waals surface area (Å²) >= 11 is 6.13. The van der Waals surface area contributed by atoms with E-state index in [4.69, 9.17) is 16.3 Å². The Hall–Kier alpha value is -0.730. The predicted octanol–water partition coefficient (Wildman–Crippen LogP) is 3.10. The Morgan fingerprint density at radius 2 is 2.20 bits per heavy atom. The van der Waals surface area contributed by atoms with Gasteiger partial charge < -0.3 is 10.1 Å². The van der Waals surface area contributed by atoms with Crippen molar-refractivity contribution in [1.29, 1.82) is 0 Å². The van der Waals surface area contributed by atoms with Gasteiger partial charge in [0.1, 0.15) is 0 Å². The number of hydrogen-bond donors (Lipinski definition) is 1. The molecule has 1 aliphatic heterocycles. The lowest BCUT2D eigenvalue weighted by atomic mass is 9.88. The molecule has 2 nitrogen and oxygen atoms in total. The second-order valence-corrected chi connectivity index (χ2v) is 5.00. The van der Waals surface area contributed by atoms with Gasteiger partial charge in [0, 0.05) is 12.0 Å². The molecular formula is C12H16ClNO. The van der Waals surface area contributed by atoms with Crippen LogP contribution in [0.2, 0.25) is 5.02 Å². The molecule has 1 aromatic carbocycles. The largest absolute Gasteiger partial charge is 0.383 e. The summed E-state index contributed by atoms with van der Waals surface area (Å²) in [5.41, 5.74) is 2.50. The van der Waals surface area contributed by atoms with Crippen LogP contribution in [0.15, 0.2) is 18.2 Å². The van der Waals surface area contributed by atoms with Crippen molar-refractivity contribution in [3.63, 3.8) is 0 Å². The Balaban J connectivity index is 2.04. The Morgan fingerprint density at radius 1 is 1.47 bits per heavy atom. The fraction of sp³-hybridized carbons (Fsp3) is 0.500. The van der Waals surface area contributed by atoms with Crippen LogP contribution in [0.25, 0.3) is 0 Å². The molecule has 0 bridgehead atoms. The summed E-state index contributed by atoms with van der Waals surface area (Å²) in [7, 11) is 0. The van der Waals surface area contributed by atoms with Gasteiger partial charge in [-0.1, -0.05) is 30.7 Å². The van der Waals surface area contributed by atoms with Crippen molar-refractivity contribution in [2.24, 2.45) is 5.41 Å². The molecule has 0 spiro atoms. The zero-order valence-corrected chi connectivity index (χ0v) is 9.90. The van der Waals surface area contributed by atoms with Gasteiger partial charge in [-0.2, -0.15) is 0 Å². The molecule has 15 heavy (non-hydrogen) atoms. The smallest absolute Gasteiger partial charge is 0.0640 e. The quantitative estimate of drug-likeness (QED) is 0.854. The monoisotopic (exact) mass is 225 g/mol. The molecule has 1 aromatic rings. The number of aryl methyl sites for hydroxylation is 1. The Morgan fingerprint density at radius 3 is 2.73 bits per heavy atom. The number of para-hydroxylation sites is 1. The van der Waals surface area contributed by atoms with E-state index < -0.39 is 0 Å². The first-order valence-electron chi connectivity index (χ1n) is 5.17. The molecule has 1 N–H and O–H groups in total. The van der Waals surface area contributed by atoms with Crippen LogP contribution in [-0.4, -0.2) is 19.8 Å². The molecular weight excluding hydrogens is 210 g/mol. The van der Waals surface area contributed by atoms with Crippen LogP contribution >= 0.6 is 11.6 Å². The summed E-state index contributed by atoms with van der Waals surface area (Å²) in [5, 5.41) is 4.20. The molecule has 82 valence electrons. The Bertz CT molecular complexity index is 340. The molecule has 1 heterocycles. The van der Waals surface area contributed by atoms with Crippen molar-refractivity contribution in [2.45, 2.75) is 13.8 Å². The van der Waals surface area contributed by atoms with E-state index >= 15 is 0 Å². The second kappa shape index (κ2) is 4.03. The van der Waals surface area contributed by atoms with Crippen LogP contribution in [0.3, 0.4) is 0 Å². The molecule has 1 aliphatic rings. The summed E-state index contributed by atoms with van der Waals surface area (Å²) < 4.78 is 5.21. The fourth-order valence-corrected chi connectivity index (χ4v) is 2.00. The van der Waals surface area contributed by atoms with Crippen molar-refractivity contribution in [2.75, 3.05) is 25.1 Å². The van der Waals surface area contributed by atoms with Gasteiger partial charge in [-0.05, 0) is 18.6 Å². The number of anilines is 1. The maximum absolute atomic E-state index is 6.13. The van der Waals surface area contributed by atoms with Crippen LogP contribution < -0.4 is 5.32 Å². The van der Waals surface area contributed by atoms with Crippen LogP contribution in [-0.2, 0) is 4.74 Å². The first-order chi connectivity index (χ1) is 7.11. The number of nitrogens with one attached hydrogen (secondary N) is 1. The summed E-state index contributed by atoms with van der Waals surface area (Å²) in [6.45, 7) is 6.87. The number of benzene rings is 1. The Kier molecular flexibility index (Phi) is 2.89. The van der Waals surface area contributed by atoms with E-state index in [0.29, 0.717) is 0 Å². The topological polar surface area (TPSA) is 21.3 Å². The van der Waals surface area contributed by atoms with Crippen molar-refractivity contribution in [3.05, 3.63) is 28.8 Å². The lowest BCUT2D eigenvalue weighted by molar-refractivity contribution is -0.0924. The van der Waals surface area contributed by atoms with Crippen molar-refractivity contribution < 1.29 is 4.74 Å². The fourth-order valence-electron chi connectivity index (χ4n) is 1.71. The number of hydrogen-bond acceptors (Lipinski definition) is 2. The first kappa shape index (κ1) is 10.8. The van der Waals surface area contributed by atoms with Gasteiger partial charge in [-0.3, -0.25) is 0 Å². The van der Waals surface area contributed by atoms with E-state index in [1.165, 1.54) is 5.56 Å². The third-order valence-corrected chi connectivity index (χ3v) is 3.13. The molecule has 0 amide bonds. The molecule has 3 heteroatoms. The molecule has 0 radical (unpaired) electrons. The first-order valence-corrected chi connectivity index (χ1v) is 5.55. The third-order valence-electron chi connectivity index (χ3n) is 2.81. The minimum Gasteiger partial charge on any atom is -0.383 e. The summed E-state index contributed by atoms with van der Waals surface area (Å²) in [5.74, 6) is 0. The van der Waals surface area contributed by atoms with Crippen LogP contribution in [0.1, 0.15) is 12.5 Å². The van der Waals surface area contributed by atoms with Gasteiger partial charge >= 0.3 is 0 Å². The highest BCUT2D eigenvalue weighted by atomic mass is 35.5. The minimum atomic E-state index is 0.269. The third kappa shape index (κ3) is 2.27. The highest BCUT2D eigenvalue weighted by Gasteiger charge is 2.33. The highest BCUT2D eigenvalue weighted by Crippen LogP contribution is 2.30. The van der Waals surface area contributed by atoms with E-state index in [2.05, 4.69) is 25.2 Å². The predicted molar refractivity (Wildman–Crippen MR) is 63.6 cm³/mol. The van der Waals surface area contributed by atoms with Crippen molar-refractivity contribution in [1.82, 2.24) is 0 Å². The van der Waals surface area contributed by atoms with Crippen molar-refractivity contribution in [3.8, 4) is 0 Å². The average Bonchev–Trinajstić information content (AvgIpc) is 2.14. The minimum absolute atomic E-state index is 0.269. The zero-order chi connectivity index (χ0) is 10.9. The number of ether oxygens (including phenoxy) is 1. The van der Waals surface area contributed by atoms with E-state index in [1.54, 1.807) is 0 Å². The average molecular weight is 226 g/mol. The molecule has 0 unspecified atom stereocenters. The molecule has 1 saturated heterocycles. The number of rotatable bonds is 3. The molecule has 0 aliphatic carbocycles. The standard InChI is InChI=1S/C12H16ClNO/c1-9-4-3-5-10(13)11(9)14-6-12(2)7-15-8-12/h3-5,14H,6-8H2,1-2H3. The van der Waals surface area contributed by atoms with E-state index in [-0.39, 0.29) is 5.41 Å². The van der Waals surface area contributed by atoms with Crippen LogP contribution in [0, 0.1) is 12.3 Å². The highest BCUT2D eigenvalue weighted by molar-refractivity contribution is 6.33. The zero-order valence-electron chi connectivity index (χ0n) is 9.14. The van der Waals surface area contributed by atoms with Crippen LogP contribution in [0.5, 0.6) is 0 Å². The molecule has 2 rings (SSSR count). The summed E-state index contributed by atoms with van der Waals surface area (Å²) in [4.78, 5) is 0. The maximum Gasteiger partial charge on any atom is 0.0640 e. The van der Waals surface area contributed by atoms with Gasteiger partial charge in [0.05, 0.1) is 23.9 Å². The SMILES string of the molecule is Cc1cccc(Cl)c1NCC1(C)COC1. The summed E-state index contributed by atoms with van der Waals surface area (Å²) in [6.07, 6.45) is 0. The Labute approximate surface area is 95.6 Å². The van der Waals surface area contributed by atoms with E-state index in [1.807, 2.05) is 12.1 Å². The molecule has 0 atom stereocenters. The van der Waals surface area contributed by atoms with Crippen LogP contribution in [0.4, 0.5) is 5.69 Å². The van der Waals surface area contributed by atoms with Gasteiger partial charge in [0.25, 0.3) is 0 Å². The lowest BCUT2D eigenvalue weighted by Crippen LogP contribution is -2.45. The molecule has 0 saturated carbocycles. The summed E-state index contributed by atoms with van der Waals surface area (Å²) in [6, 6.07) is 5.95. The number of halogens is 1. The normalized spacial score (nSPS) is 18.3.